The molecule has 0 radical (unpaired) electrons. The zero-order valence-corrected chi connectivity index (χ0v) is 22.4. The van der Waals surface area contributed by atoms with Crippen LogP contribution in [0, 0.1) is 17.8 Å². The van der Waals surface area contributed by atoms with Crippen molar-refractivity contribution in [2.45, 2.75) is 69.9 Å². The molecule has 4 aliphatic rings. The SMILES string of the molecule is CC(N)=NCCCC1CCN(C(=O)[C@@H]2C[C@H](SC3=C(C(=O)O)N4C(=O)C([C@@H](C)O)C4[C@H]3C)CN2C)C1. The van der Waals surface area contributed by atoms with Crippen LogP contribution < -0.4 is 5.73 Å². The molecular weight excluding hydrogens is 482 g/mol. The zero-order chi connectivity index (χ0) is 26.3. The van der Waals surface area contributed by atoms with Gasteiger partial charge in [-0.3, -0.25) is 19.5 Å². The van der Waals surface area contributed by atoms with Crippen LogP contribution in [0.15, 0.2) is 15.6 Å². The molecule has 4 aliphatic heterocycles. The number of nitrogens with zero attached hydrogens (tertiary/aromatic N) is 4. The van der Waals surface area contributed by atoms with E-state index >= 15 is 0 Å². The van der Waals surface area contributed by atoms with Crippen LogP contribution in [0.2, 0.25) is 0 Å². The fraction of sp³-hybridized carbons (Fsp3) is 0.760. The molecule has 36 heavy (non-hydrogen) atoms. The minimum Gasteiger partial charge on any atom is -0.477 e. The summed E-state index contributed by atoms with van der Waals surface area (Å²) < 4.78 is 0. The average Bonchev–Trinajstić information content (AvgIpc) is 3.47. The van der Waals surface area contributed by atoms with Crippen LogP contribution in [0.1, 0.15) is 46.5 Å². The maximum absolute atomic E-state index is 13.4. The summed E-state index contributed by atoms with van der Waals surface area (Å²) in [6.07, 6.45) is 2.84. The van der Waals surface area contributed by atoms with Crippen LogP contribution in [0.25, 0.3) is 0 Å². The number of carboxylic acid groups (broad SMARTS) is 1. The van der Waals surface area contributed by atoms with E-state index in [-0.39, 0.29) is 40.8 Å². The van der Waals surface area contributed by atoms with Gasteiger partial charge in [0.15, 0.2) is 0 Å². The largest absolute Gasteiger partial charge is 0.477 e. The molecule has 7 atom stereocenters. The Morgan fingerprint density at radius 2 is 2.03 bits per heavy atom. The Kier molecular flexibility index (Phi) is 8.01. The molecular formula is C25H39N5O5S. The lowest BCUT2D eigenvalue weighted by Gasteiger charge is -2.46. The van der Waals surface area contributed by atoms with Crippen molar-refractivity contribution in [2.24, 2.45) is 28.5 Å². The molecule has 200 valence electrons. The lowest BCUT2D eigenvalue weighted by atomic mass is 9.79. The van der Waals surface area contributed by atoms with E-state index in [2.05, 4.69) is 9.89 Å². The number of aliphatic carboxylic acids is 1. The summed E-state index contributed by atoms with van der Waals surface area (Å²) in [4.78, 5) is 48.4. The molecule has 0 aromatic rings. The summed E-state index contributed by atoms with van der Waals surface area (Å²) in [6, 6.07) is -0.538. The molecule has 0 aromatic carbocycles. The molecule has 3 saturated heterocycles. The number of amides is 2. The van der Waals surface area contributed by atoms with Crippen molar-refractivity contribution in [1.82, 2.24) is 14.7 Å². The van der Waals surface area contributed by atoms with E-state index in [1.807, 2.05) is 18.9 Å². The molecule has 4 heterocycles. The Morgan fingerprint density at radius 1 is 1.31 bits per heavy atom. The highest BCUT2D eigenvalue weighted by atomic mass is 32.2. The maximum atomic E-state index is 13.4. The predicted octanol–water partition coefficient (Wildman–Crippen LogP) is 0.952. The summed E-state index contributed by atoms with van der Waals surface area (Å²) in [5.41, 5.74) is 5.65. The molecule has 0 bridgehead atoms. The van der Waals surface area contributed by atoms with Crippen molar-refractivity contribution < 1.29 is 24.6 Å². The third kappa shape index (κ3) is 5.02. The van der Waals surface area contributed by atoms with Gasteiger partial charge in [-0.1, -0.05) is 6.92 Å². The summed E-state index contributed by atoms with van der Waals surface area (Å²) in [5, 5.41) is 20.0. The number of aliphatic hydroxyl groups is 1. The predicted molar refractivity (Wildman–Crippen MR) is 138 cm³/mol. The average molecular weight is 522 g/mol. The van der Waals surface area contributed by atoms with Crippen LogP contribution in [-0.4, -0.2) is 105 Å². The molecule has 3 fully saturated rings. The molecule has 0 saturated carbocycles. The fourth-order valence-electron chi connectivity index (χ4n) is 6.30. The van der Waals surface area contributed by atoms with E-state index in [1.54, 1.807) is 13.8 Å². The number of aliphatic hydroxyl groups excluding tert-OH is 1. The number of likely N-dealkylation sites (N-methyl/N-ethyl adjacent to an activating group) is 1. The number of β-lactam (4-membered cyclic amide) rings is 1. The first-order chi connectivity index (χ1) is 17.0. The number of aliphatic imine (C=N–C) groups is 1. The van der Waals surface area contributed by atoms with E-state index < -0.39 is 18.0 Å². The van der Waals surface area contributed by atoms with Crippen molar-refractivity contribution in [3.05, 3.63) is 10.6 Å². The lowest BCUT2D eigenvalue weighted by Crippen LogP contribution is -2.63. The van der Waals surface area contributed by atoms with Gasteiger partial charge < -0.3 is 25.7 Å². The first-order valence-corrected chi connectivity index (χ1v) is 13.8. The van der Waals surface area contributed by atoms with E-state index in [1.165, 1.54) is 16.7 Å². The normalized spacial score (nSPS) is 33.8. The van der Waals surface area contributed by atoms with Gasteiger partial charge in [0.05, 0.1) is 29.9 Å². The maximum Gasteiger partial charge on any atom is 0.353 e. The van der Waals surface area contributed by atoms with Crippen LogP contribution in [0.5, 0.6) is 0 Å². The molecule has 4 N–H and O–H groups in total. The number of carboxylic acids is 1. The van der Waals surface area contributed by atoms with Crippen LogP contribution in [0.4, 0.5) is 0 Å². The Bertz CT molecular complexity index is 964. The molecule has 4 rings (SSSR count). The van der Waals surface area contributed by atoms with Gasteiger partial charge >= 0.3 is 5.97 Å². The number of carbonyl (C=O) groups is 3. The number of amidine groups is 1. The number of carbonyl (C=O) groups excluding carboxylic acids is 2. The topological polar surface area (TPSA) is 140 Å². The first kappa shape index (κ1) is 26.9. The highest BCUT2D eigenvalue weighted by molar-refractivity contribution is 8.03. The van der Waals surface area contributed by atoms with Gasteiger partial charge in [0.25, 0.3) is 0 Å². The van der Waals surface area contributed by atoms with Gasteiger partial charge in [-0.25, -0.2) is 4.79 Å². The number of fused-ring (bicyclic) bond motifs is 1. The Labute approximate surface area is 216 Å². The minimum absolute atomic E-state index is 0.0494. The standard InChI is InChI=1S/C25H39N5O5S/c1-13-20-19(14(2)31)24(33)30(20)21(25(34)35)22(13)36-17-10-18(28(4)12-17)23(32)29-9-7-16(11-29)6-5-8-27-15(3)26/h13-14,16-20,31H,5-12H2,1-4H3,(H2,26,27)(H,34,35)/t13-,14-,16?,17+,18+,19?,20?/m1/s1. The molecule has 11 heteroatoms. The van der Waals surface area contributed by atoms with E-state index in [0.717, 1.165) is 38.9 Å². The highest BCUT2D eigenvalue weighted by Crippen LogP contribution is 2.52. The van der Waals surface area contributed by atoms with E-state index in [9.17, 15) is 24.6 Å². The monoisotopic (exact) mass is 521 g/mol. The molecule has 0 aromatic heterocycles. The van der Waals surface area contributed by atoms with Gasteiger partial charge in [0, 0.05) is 42.3 Å². The molecule has 10 nitrogen and oxygen atoms in total. The molecule has 0 spiro atoms. The number of rotatable bonds is 9. The number of thioether (sulfide) groups is 1. The van der Waals surface area contributed by atoms with E-state index in [0.29, 0.717) is 29.6 Å². The van der Waals surface area contributed by atoms with Gasteiger partial charge in [0.1, 0.15) is 5.70 Å². The number of nitrogens with two attached hydrogens (primary N) is 1. The Hall–Kier alpha value is -2.11. The minimum atomic E-state index is -1.11. The second kappa shape index (κ2) is 10.7. The molecule has 0 aliphatic carbocycles. The fourth-order valence-corrected chi connectivity index (χ4v) is 7.90. The zero-order valence-electron chi connectivity index (χ0n) is 21.6. The second-order valence-electron chi connectivity index (χ2n) is 10.8. The van der Waals surface area contributed by atoms with Crippen molar-refractivity contribution in [3.63, 3.8) is 0 Å². The van der Waals surface area contributed by atoms with Crippen LogP contribution in [-0.2, 0) is 14.4 Å². The van der Waals surface area contributed by atoms with Crippen LogP contribution >= 0.6 is 11.8 Å². The van der Waals surface area contributed by atoms with Gasteiger partial charge in [-0.05, 0) is 52.5 Å². The van der Waals surface area contributed by atoms with E-state index in [4.69, 9.17) is 5.73 Å². The summed E-state index contributed by atoms with van der Waals surface area (Å²) in [6.45, 7) is 8.26. The van der Waals surface area contributed by atoms with Gasteiger partial charge in [-0.2, -0.15) is 0 Å². The quantitative estimate of drug-likeness (QED) is 0.176. The number of hydrogen-bond donors (Lipinski definition) is 3. The van der Waals surface area contributed by atoms with Gasteiger partial charge in [0.2, 0.25) is 11.8 Å². The lowest BCUT2D eigenvalue weighted by molar-refractivity contribution is -0.163. The molecule has 2 amide bonds. The smallest absolute Gasteiger partial charge is 0.353 e. The van der Waals surface area contributed by atoms with Crippen molar-refractivity contribution >= 4 is 35.4 Å². The molecule has 3 unspecified atom stereocenters. The Morgan fingerprint density at radius 3 is 2.67 bits per heavy atom. The highest BCUT2D eigenvalue weighted by Gasteiger charge is 2.60. The number of likely N-dealkylation sites (tertiary alicyclic amines) is 2. The van der Waals surface area contributed by atoms with Crippen LogP contribution in [0.3, 0.4) is 0 Å². The summed E-state index contributed by atoms with van der Waals surface area (Å²) in [5.74, 6) is -0.914. The number of hydrogen-bond acceptors (Lipinski definition) is 7. The van der Waals surface area contributed by atoms with Gasteiger partial charge in [-0.15, -0.1) is 11.8 Å². The third-order valence-electron chi connectivity index (χ3n) is 8.13. The van der Waals surface area contributed by atoms with Crippen molar-refractivity contribution in [3.8, 4) is 0 Å². The second-order valence-corrected chi connectivity index (χ2v) is 12.1. The summed E-state index contributed by atoms with van der Waals surface area (Å²) >= 11 is 1.49. The summed E-state index contributed by atoms with van der Waals surface area (Å²) in [7, 11) is 1.95. The third-order valence-corrected chi connectivity index (χ3v) is 9.62. The van der Waals surface area contributed by atoms with Crippen molar-refractivity contribution in [1.29, 1.82) is 0 Å². The first-order valence-electron chi connectivity index (χ1n) is 12.9. The Balaban J connectivity index is 1.36. The van der Waals surface area contributed by atoms with Crippen molar-refractivity contribution in [2.75, 3.05) is 33.2 Å².